The van der Waals surface area contributed by atoms with Crippen LogP contribution < -0.4 is 5.32 Å². The molecule has 0 amide bonds. The van der Waals surface area contributed by atoms with Crippen LogP contribution in [0.5, 0.6) is 0 Å². The van der Waals surface area contributed by atoms with Crippen molar-refractivity contribution in [3.63, 3.8) is 0 Å². The fourth-order valence-corrected chi connectivity index (χ4v) is 1.11. The summed E-state index contributed by atoms with van der Waals surface area (Å²) in [7, 11) is 0. The first-order valence-corrected chi connectivity index (χ1v) is 4.38. The van der Waals surface area contributed by atoms with Gasteiger partial charge < -0.3 is 10.4 Å². The van der Waals surface area contributed by atoms with E-state index in [9.17, 15) is 4.79 Å². The molecule has 0 spiro atoms. The second-order valence-corrected chi connectivity index (χ2v) is 2.94. The Hall–Kier alpha value is -1.77. The Bertz CT molecular complexity index is 317. The topological polar surface area (TPSA) is 49.3 Å². The number of carboxylic acids is 1. The molecule has 0 aromatic heterocycles. The third-order valence-electron chi connectivity index (χ3n) is 1.76. The van der Waals surface area contributed by atoms with Crippen LogP contribution in [0.15, 0.2) is 36.9 Å². The van der Waals surface area contributed by atoms with Crippen molar-refractivity contribution >= 4 is 11.7 Å². The highest BCUT2D eigenvalue weighted by molar-refractivity contribution is 5.70. The normalized spacial score (nSPS) is 9.43. The van der Waals surface area contributed by atoms with Gasteiger partial charge in [0.05, 0.1) is 6.42 Å². The van der Waals surface area contributed by atoms with Gasteiger partial charge in [-0.25, -0.2) is 0 Å². The Morgan fingerprint density at radius 3 is 2.57 bits per heavy atom. The lowest BCUT2D eigenvalue weighted by atomic mass is 10.1. The average Bonchev–Trinajstić information content (AvgIpc) is 2.16. The van der Waals surface area contributed by atoms with Crippen LogP contribution in [0.25, 0.3) is 0 Å². The Labute approximate surface area is 83.1 Å². The number of nitrogens with one attached hydrogen (secondary N) is 1. The van der Waals surface area contributed by atoms with E-state index in [1.165, 1.54) is 0 Å². The van der Waals surface area contributed by atoms with E-state index in [4.69, 9.17) is 5.11 Å². The molecule has 1 aromatic rings. The molecule has 0 aliphatic heterocycles. The fourth-order valence-electron chi connectivity index (χ4n) is 1.11. The molecular weight excluding hydrogens is 178 g/mol. The molecule has 0 saturated heterocycles. The number of carboxylic acid groups (broad SMARTS) is 1. The molecular formula is C11H13NO2. The summed E-state index contributed by atoms with van der Waals surface area (Å²) in [4.78, 5) is 10.4. The quantitative estimate of drug-likeness (QED) is 0.699. The smallest absolute Gasteiger partial charge is 0.307 e. The van der Waals surface area contributed by atoms with Gasteiger partial charge >= 0.3 is 5.97 Å². The maximum Gasteiger partial charge on any atom is 0.307 e. The minimum absolute atomic E-state index is 0.0712. The van der Waals surface area contributed by atoms with Gasteiger partial charge in [0.25, 0.3) is 0 Å². The number of carbonyl (C=O) groups is 1. The third kappa shape index (κ3) is 3.31. The molecule has 1 rings (SSSR count). The lowest BCUT2D eigenvalue weighted by Gasteiger charge is -2.03. The molecule has 0 radical (unpaired) electrons. The Morgan fingerprint density at radius 2 is 2.07 bits per heavy atom. The highest BCUT2D eigenvalue weighted by atomic mass is 16.4. The average molecular weight is 191 g/mol. The number of aliphatic carboxylic acids is 1. The van der Waals surface area contributed by atoms with Crippen molar-refractivity contribution in [2.75, 3.05) is 11.9 Å². The van der Waals surface area contributed by atoms with Gasteiger partial charge in [0.2, 0.25) is 0 Å². The summed E-state index contributed by atoms with van der Waals surface area (Å²) in [5.41, 5.74) is 1.78. The van der Waals surface area contributed by atoms with Crippen molar-refractivity contribution in [2.45, 2.75) is 6.42 Å². The molecule has 0 fully saturated rings. The molecule has 14 heavy (non-hydrogen) atoms. The summed E-state index contributed by atoms with van der Waals surface area (Å²) in [6.07, 6.45) is 1.84. The molecule has 2 N–H and O–H groups in total. The summed E-state index contributed by atoms with van der Waals surface area (Å²) in [5.74, 6) is -0.809. The molecule has 1 aromatic carbocycles. The Balaban J connectivity index is 2.58. The van der Waals surface area contributed by atoms with Crippen LogP contribution in [0.1, 0.15) is 5.56 Å². The standard InChI is InChI=1S/C11H13NO2/c1-2-7-12-10-5-3-9(4-6-10)8-11(13)14/h2-6,12H,1,7-8H2,(H,13,14). The number of hydrogen-bond donors (Lipinski definition) is 2. The number of hydrogen-bond acceptors (Lipinski definition) is 2. The first kappa shape index (κ1) is 10.3. The summed E-state index contributed by atoms with van der Waals surface area (Å²) >= 11 is 0. The van der Waals surface area contributed by atoms with Crippen molar-refractivity contribution in [1.82, 2.24) is 0 Å². The molecule has 0 saturated carbocycles. The van der Waals surface area contributed by atoms with Gasteiger partial charge in [0, 0.05) is 12.2 Å². The molecule has 3 heteroatoms. The van der Waals surface area contributed by atoms with Crippen LogP contribution in [0, 0.1) is 0 Å². The fraction of sp³-hybridized carbons (Fsp3) is 0.182. The number of anilines is 1. The van der Waals surface area contributed by atoms with Crippen molar-refractivity contribution in [3.05, 3.63) is 42.5 Å². The van der Waals surface area contributed by atoms with E-state index in [-0.39, 0.29) is 6.42 Å². The molecule has 0 atom stereocenters. The zero-order valence-electron chi connectivity index (χ0n) is 7.86. The van der Waals surface area contributed by atoms with Gasteiger partial charge in [0.1, 0.15) is 0 Å². The summed E-state index contributed by atoms with van der Waals surface area (Å²) < 4.78 is 0. The molecule has 0 aliphatic rings. The van der Waals surface area contributed by atoms with Crippen LogP contribution >= 0.6 is 0 Å². The Morgan fingerprint density at radius 1 is 1.43 bits per heavy atom. The van der Waals surface area contributed by atoms with Crippen LogP contribution in [0.2, 0.25) is 0 Å². The van der Waals surface area contributed by atoms with E-state index in [0.717, 1.165) is 11.3 Å². The predicted molar refractivity (Wildman–Crippen MR) is 56.5 cm³/mol. The molecule has 3 nitrogen and oxygen atoms in total. The van der Waals surface area contributed by atoms with E-state index in [1.807, 2.05) is 12.1 Å². The van der Waals surface area contributed by atoms with Gasteiger partial charge in [-0.15, -0.1) is 6.58 Å². The van der Waals surface area contributed by atoms with Crippen molar-refractivity contribution in [3.8, 4) is 0 Å². The van der Waals surface area contributed by atoms with Crippen LogP contribution in [-0.4, -0.2) is 17.6 Å². The van der Waals surface area contributed by atoms with E-state index < -0.39 is 5.97 Å². The molecule has 74 valence electrons. The first-order chi connectivity index (χ1) is 6.72. The van der Waals surface area contributed by atoms with E-state index >= 15 is 0 Å². The monoisotopic (exact) mass is 191 g/mol. The predicted octanol–water partition coefficient (Wildman–Crippen LogP) is 1.91. The van der Waals surface area contributed by atoms with Crippen LogP contribution in [-0.2, 0) is 11.2 Å². The highest BCUT2D eigenvalue weighted by Crippen LogP contribution is 2.09. The summed E-state index contributed by atoms with van der Waals surface area (Å²) in [6.45, 7) is 4.30. The first-order valence-electron chi connectivity index (χ1n) is 4.38. The van der Waals surface area contributed by atoms with Gasteiger partial charge in [-0.2, -0.15) is 0 Å². The largest absolute Gasteiger partial charge is 0.481 e. The van der Waals surface area contributed by atoms with Gasteiger partial charge in [0.15, 0.2) is 0 Å². The minimum atomic E-state index is -0.809. The zero-order valence-corrected chi connectivity index (χ0v) is 7.86. The maximum absolute atomic E-state index is 10.4. The number of rotatable bonds is 5. The van der Waals surface area contributed by atoms with Gasteiger partial charge in [-0.3, -0.25) is 4.79 Å². The van der Waals surface area contributed by atoms with Gasteiger partial charge in [-0.1, -0.05) is 18.2 Å². The summed E-state index contributed by atoms with van der Waals surface area (Å²) in [5, 5.41) is 11.7. The summed E-state index contributed by atoms with van der Waals surface area (Å²) in [6, 6.07) is 7.34. The second kappa shape index (κ2) is 5.07. The lowest BCUT2D eigenvalue weighted by molar-refractivity contribution is -0.136. The third-order valence-corrected chi connectivity index (χ3v) is 1.76. The molecule has 0 heterocycles. The SMILES string of the molecule is C=CCNc1ccc(CC(=O)O)cc1. The van der Waals surface area contributed by atoms with E-state index in [1.54, 1.807) is 18.2 Å². The van der Waals surface area contributed by atoms with E-state index in [2.05, 4.69) is 11.9 Å². The van der Waals surface area contributed by atoms with Crippen LogP contribution in [0.3, 0.4) is 0 Å². The van der Waals surface area contributed by atoms with Crippen LogP contribution in [0.4, 0.5) is 5.69 Å². The zero-order chi connectivity index (χ0) is 10.4. The van der Waals surface area contributed by atoms with Crippen molar-refractivity contribution < 1.29 is 9.90 Å². The number of benzene rings is 1. The molecule has 0 bridgehead atoms. The van der Waals surface area contributed by atoms with Crippen molar-refractivity contribution in [1.29, 1.82) is 0 Å². The van der Waals surface area contributed by atoms with Gasteiger partial charge in [-0.05, 0) is 17.7 Å². The minimum Gasteiger partial charge on any atom is -0.481 e. The lowest BCUT2D eigenvalue weighted by Crippen LogP contribution is -2.01. The maximum atomic E-state index is 10.4. The second-order valence-electron chi connectivity index (χ2n) is 2.94. The Kier molecular flexibility index (Phi) is 3.73. The van der Waals surface area contributed by atoms with Crippen molar-refractivity contribution in [2.24, 2.45) is 0 Å². The van der Waals surface area contributed by atoms with E-state index in [0.29, 0.717) is 6.54 Å². The molecule has 0 aliphatic carbocycles. The highest BCUT2D eigenvalue weighted by Gasteiger charge is 1.99. The molecule has 0 unspecified atom stereocenters.